The lowest BCUT2D eigenvalue weighted by Crippen LogP contribution is -2.46. The number of likely N-dealkylation sites (N-methyl/N-ethyl adjacent to an activating group) is 1. The Hall–Kier alpha value is -1.30. The smallest absolute Gasteiger partial charge is 0.120 e. The van der Waals surface area contributed by atoms with E-state index in [1.54, 1.807) is 6.07 Å². The number of hydrogen-bond acceptors (Lipinski definition) is 5. The Balaban J connectivity index is 1.88. The lowest BCUT2D eigenvalue weighted by atomic mass is 10.1. The monoisotopic (exact) mass is 280 g/mol. The van der Waals surface area contributed by atoms with Gasteiger partial charge in [0, 0.05) is 31.2 Å². The van der Waals surface area contributed by atoms with Gasteiger partial charge in [-0.25, -0.2) is 0 Å². The molecule has 2 unspecified atom stereocenters. The first-order valence-electron chi connectivity index (χ1n) is 7.19. The van der Waals surface area contributed by atoms with Gasteiger partial charge in [-0.2, -0.15) is 0 Å². The number of nitrogens with zero attached hydrogens (tertiary/aromatic N) is 1. The van der Waals surface area contributed by atoms with E-state index in [4.69, 9.17) is 4.74 Å². The molecule has 1 aliphatic rings. The first-order valence-corrected chi connectivity index (χ1v) is 7.19. The molecule has 2 atom stereocenters. The van der Waals surface area contributed by atoms with Crippen LogP contribution in [0.5, 0.6) is 11.5 Å². The molecular weight excluding hydrogens is 256 g/mol. The molecule has 0 radical (unpaired) electrons. The summed E-state index contributed by atoms with van der Waals surface area (Å²) in [5, 5.41) is 22.7. The van der Waals surface area contributed by atoms with Crippen molar-refractivity contribution in [3.8, 4) is 11.5 Å². The molecule has 2 rings (SSSR count). The molecule has 1 saturated heterocycles. The zero-order valence-electron chi connectivity index (χ0n) is 12.2. The lowest BCUT2D eigenvalue weighted by Gasteiger charge is -2.32. The van der Waals surface area contributed by atoms with E-state index >= 15 is 0 Å². The minimum Gasteiger partial charge on any atom is -0.508 e. The van der Waals surface area contributed by atoms with Gasteiger partial charge in [0.2, 0.25) is 0 Å². The van der Waals surface area contributed by atoms with E-state index < -0.39 is 0 Å². The zero-order valence-corrected chi connectivity index (χ0v) is 12.2. The van der Waals surface area contributed by atoms with Gasteiger partial charge >= 0.3 is 0 Å². The van der Waals surface area contributed by atoms with Crippen LogP contribution in [-0.2, 0) is 4.74 Å². The maximum atomic E-state index is 9.83. The first-order chi connectivity index (χ1) is 9.60. The number of nitrogens with one attached hydrogen (secondary N) is 1. The molecule has 1 aromatic carbocycles. The van der Waals surface area contributed by atoms with Crippen LogP contribution < -0.4 is 5.32 Å². The molecular formula is C15H24N2O3. The highest BCUT2D eigenvalue weighted by atomic mass is 16.5. The average Bonchev–Trinajstić information content (AvgIpc) is 2.47. The Bertz CT molecular complexity index is 439. The van der Waals surface area contributed by atoms with Crippen molar-refractivity contribution in [3.63, 3.8) is 0 Å². The molecule has 5 heteroatoms. The summed E-state index contributed by atoms with van der Waals surface area (Å²) in [6.07, 6.45) is 0.172. The number of hydrogen-bond donors (Lipinski definition) is 3. The third kappa shape index (κ3) is 3.85. The predicted molar refractivity (Wildman–Crippen MR) is 78.0 cm³/mol. The summed E-state index contributed by atoms with van der Waals surface area (Å²) in [6, 6.07) is 4.54. The SMILES string of the molecule is CCN1CCOC(CNC(C)c2cc(O)ccc2O)C1. The summed E-state index contributed by atoms with van der Waals surface area (Å²) in [4.78, 5) is 2.37. The van der Waals surface area contributed by atoms with Gasteiger partial charge in [0.25, 0.3) is 0 Å². The average molecular weight is 280 g/mol. The van der Waals surface area contributed by atoms with Crippen LogP contribution in [0.2, 0.25) is 0 Å². The Morgan fingerprint density at radius 2 is 2.25 bits per heavy atom. The standard InChI is InChI=1S/C15H24N2O3/c1-3-17-6-7-20-13(10-17)9-16-11(2)14-8-12(18)4-5-15(14)19/h4-5,8,11,13,16,18-19H,3,6-7,9-10H2,1-2H3. The third-order valence-electron chi connectivity index (χ3n) is 3.80. The van der Waals surface area contributed by atoms with Crippen LogP contribution in [0.25, 0.3) is 0 Å². The van der Waals surface area contributed by atoms with Gasteiger partial charge in [-0.1, -0.05) is 6.92 Å². The molecule has 1 fully saturated rings. The van der Waals surface area contributed by atoms with Crippen molar-refractivity contribution in [2.24, 2.45) is 0 Å². The zero-order chi connectivity index (χ0) is 14.5. The van der Waals surface area contributed by atoms with Crippen LogP contribution in [0, 0.1) is 0 Å². The number of aromatic hydroxyl groups is 2. The minimum absolute atomic E-state index is 0.0392. The van der Waals surface area contributed by atoms with E-state index in [0.717, 1.165) is 32.8 Å². The van der Waals surface area contributed by atoms with E-state index in [0.29, 0.717) is 5.56 Å². The molecule has 0 saturated carbocycles. The third-order valence-corrected chi connectivity index (χ3v) is 3.80. The maximum absolute atomic E-state index is 9.83. The molecule has 20 heavy (non-hydrogen) atoms. The molecule has 0 spiro atoms. The minimum atomic E-state index is -0.0392. The van der Waals surface area contributed by atoms with Crippen molar-refractivity contribution in [1.82, 2.24) is 10.2 Å². The molecule has 0 aliphatic carbocycles. The second-order valence-electron chi connectivity index (χ2n) is 5.26. The Morgan fingerprint density at radius 1 is 1.45 bits per heavy atom. The summed E-state index contributed by atoms with van der Waals surface area (Å²) in [5.41, 5.74) is 0.702. The lowest BCUT2D eigenvalue weighted by molar-refractivity contribution is -0.0262. The fourth-order valence-corrected chi connectivity index (χ4v) is 2.50. The van der Waals surface area contributed by atoms with E-state index in [1.807, 2.05) is 6.92 Å². The van der Waals surface area contributed by atoms with Crippen molar-refractivity contribution in [3.05, 3.63) is 23.8 Å². The molecule has 5 nitrogen and oxygen atoms in total. The Kier molecular flexibility index (Phi) is 5.23. The highest BCUT2D eigenvalue weighted by molar-refractivity contribution is 5.40. The van der Waals surface area contributed by atoms with Gasteiger partial charge in [-0.3, -0.25) is 4.90 Å². The highest BCUT2D eigenvalue weighted by Gasteiger charge is 2.20. The van der Waals surface area contributed by atoms with Gasteiger partial charge in [0.15, 0.2) is 0 Å². The van der Waals surface area contributed by atoms with Gasteiger partial charge in [-0.15, -0.1) is 0 Å². The Labute approximate surface area is 120 Å². The second kappa shape index (κ2) is 6.92. The van der Waals surface area contributed by atoms with Gasteiger partial charge < -0.3 is 20.3 Å². The van der Waals surface area contributed by atoms with E-state index in [1.165, 1.54) is 12.1 Å². The Morgan fingerprint density at radius 3 is 3.00 bits per heavy atom. The number of ether oxygens (including phenoxy) is 1. The summed E-state index contributed by atoms with van der Waals surface area (Å²) in [6.45, 7) is 8.59. The van der Waals surface area contributed by atoms with Crippen molar-refractivity contribution in [1.29, 1.82) is 0 Å². The quantitative estimate of drug-likeness (QED) is 0.713. The molecule has 1 heterocycles. The highest BCUT2D eigenvalue weighted by Crippen LogP contribution is 2.27. The largest absolute Gasteiger partial charge is 0.508 e. The van der Waals surface area contributed by atoms with Crippen LogP contribution in [0.4, 0.5) is 0 Å². The van der Waals surface area contributed by atoms with E-state index in [-0.39, 0.29) is 23.6 Å². The van der Waals surface area contributed by atoms with Crippen molar-refractivity contribution in [2.45, 2.75) is 26.0 Å². The van der Waals surface area contributed by atoms with Crippen LogP contribution in [-0.4, -0.2) is 54.0 Å². The molecule has 3 N–H and O–H groups in total. The molecule has 112 valence electrons. The molecule has 1 aliphatic heterocycles. The number of phenols is 2. The van der Waals surface area contributed by atoms with Crippen molar-refractivity contribution < 1.29 is 14.9 Å². The van der Waals surface area contributed by atoms with Crippen LogP contribution in [0.15, 0.2) is 18.2 Å². The van der Waals surface area contributed by atoms with E-state index in [9.17, 15) is 10.2 Å². The molecule has 0 aromatic heterocycles. The fourth-order valence-electron chi connectivity index (χ4n) is 2.50. The van der Waals surface area contributed by atoms with Crippen molar-refractivity contribution >= 4 is 0 Å². The number of benzene rings is 1. The van der Waals surface area contributed by atoms with Crippen LogP contribution in [0.1, 0.15) is 25.5 Å². The summed E-state index contributed by atoms with van der Waals surface area (Å²) in [5.74, 6) is 0.361. The van der Waals surface area contributed by atoms with Crippen LogP contribution >= 0.6 is 0 Å². The topological polar surface area (TPSA) is 65.0 Å². The van der Waals surface area contributed by atoms with Crippen LogP contribution in [0.3, 0.4) is 0 Å². The maximum Gasteiger partial charge on any atom is 0.120 e. The van der Waals surface area contributed by atoms with Crippen molar-refractivity contribution in [2.75, 3.05) is 32.8 Å². The van der Waals surface area contributed by atoms with E-state index in [2.05, 4.69) is 17.1 Å². The summed E-state index contributed by atoms with van der Waals surface area (Å²) >= 11 is 0. The second-order valence-corrected chi connectivity index (χ2v) is 5.26. The van der Waals surface area contributed by atoms with Gasteiger partial charge in [0.1, 0.15) is 11.5 Å². The fraction of sp³-hybridized carbons (Fsp3) is 0.600. The normalized spacial score (nSPS) is 21.8. The predicted octanol–water partition coefficient (Wildman–Crippen LogP) is 1.47. The number of phenolic OH excluding ortho intramolecular Hbond substituents is 2. The van der Waals surface area contributed by atoms with Gasteiger partial charge in [0.05, 0.1) is 12.7 Å². The first kappa shape index (κ1) is 15.1. The molecule has 1 aromatic rings. The molecule has 0 bridgehead atoms. The van der Waals surface area contributed by atoms with Gasteiger partial charge in [-0.05, 0) is 31.7 Å². The number of morpholine rings is 1. The number of rotatable bonds is 5. The summed E-state index contributed by atoms with van der Waals surface area (Å²) in [7, 11) is 0. The summed E-state index contributed by atoms with van der Waals surface area (Å²) < 4.78 is 5.73. The molecule has 0 amide bonds.